The lowest BCUT2D eigenvalue weighted by Gasteiger charge is -2.63. The van der Waals surface area contributed by atoms with Crippen molar-refractivity contribution in [3.05, 3.63) is 35.4 Å². The normalized spacial score (nSPS) is 44.4. The molecule has 1 aromatic carbocycles. The van der Waals surface area contributed by atoms with E-state index in [1.54, 1.807) is 7.11 Å². The molecule has 4 fully saturated rings. The van der Waals surface area contributed by atoms with Gasteiger partial charge in [-0.05, 0) is 25.0 Å². The topological polar surface area (TPSA) is 77.1 Å². The minimum Gasteiger partial charge on any atom is -0.495 e. The highest BCUT2D eigenvalue weighted by Crippen LogP contribution is 2.76. The molecule has 5 aliphatic rings. The van der Waals surface area contributed by atoms with Crippen LogP contribution in [0, 0.1) is 11.3 Å². The Bertz CT molecular complexity index is 991. The first-order valence-corrected chi connectivity index (χ1v) is 10.1. The molecule has 1 saturated carbocycles. The van der Waals surface area contributed by atoms with Crippen LogP contribution in [-0.2, 0) is 24.5 Å². The van der Waals surface area contributed by atoms with E-state index in [1.807, 2.05) is 25.1 Å². The maximum absolute atomic E-state index is 13.5. The summed E-state index contributed by atoms with van der Waals surface area (Å²) in [7, 11) is 3.00. The van der Waals surface area contributed by atoms with E-state index >= 15 is 0 Å². The van der Waals surface area contributed by atoms with Gasteiger partial charge in [0.15, 0.2) is 5.72 Å². The molecule has 29 heavy (non-hydrogen) atoms. The zero-order valence-corrected chi connectivity index (χ0v) is 16.7. The number of carbonyl (C=O) groups excluding carboxylic acids is 2. The van der Waals surface area contributed by atoms with Crippen molar-refractivity contribution in [1.29, 1.82) is 0 Å². The number of ether oxygens (including phenoxy) is 3. The third-order valence-electron chi connectivity index (χ3n) is 8.30. The summed E-state index contributed by atoms with van der Waals surface area (Å²) in [6.07, 6.45) is 4.01. The molecule has 7 nitrogen and oxygen atoms in total. The highest BCUT2D eigenvalue weighted by atomic mass is 16.6. The number of carbonyl (C=O) groups is 2. The van der Waals surface area contributed by atoms with Gasteiger partial charge in [-0.3, -0.25) is 9.69 Å². The third-order valence-corrected chi connectivity index (χ3v) is 8.30. The van der Waals surface area contributed by atoms with E-state index in [-0.39, 0.29) is 18.2 Å². The smallest absolute Gasteiger partial charge is 0.320 e. The number of rotatable bonds is 3. The van der Waals surface area contributed by atoms with Gasteiger partial charge in [0.05, 0.1) is 31.4 Å². The SMILES string of the molecule is CC=C1CN2C3CC45c6cccc(OC)c6NC4(O3)C2CC1C5(C=O)C(=O)OC. The second-order valence-corrected chi connectivity index (χ2v) is 8.74. The lowest BCUT2D eigenvalue weighted by molar-refractivity contribution is -0.182. The van der Waals surface area contributed by atoms with E-state index in [0.29, 0.717) is 25.1 Å². The number of allylic oxidation sites excluding steroid dienone is 1. The molecule has 152 valence electrons. The van der Waals surface area contributed by atoms with Crippen molar-refractivity contribution in [2.45, 2.75) is 43.2 Å². The van der Waals surface area contributed by atoms with Crippen LogP contribution in [0.2, 0.25) is 0 Å². The van der Waals surface area contributed by atoms with Crippen LogP contribution in [0.4, 0.5) is 5.69 Å². The van der Waals surface area contributed by atoms with Crippen LogP contribution in [-0.4, -0.2) is 55.9 Å². The Morgan fingerprint density at radius 2 is 2.21 bits per heavy atom. The van der Waals surface area contributed by atoms with Crippen LogP contribution < -0.4 is 10.1 Å². The highest BCUT2D eigenvalue weighted by Gasteiger charge is 2.87. The molecule has 3 saturated heterocycles. The van der Waals surface area contributed by atoms with E-state index in [4.69, 9.17) is 14.2 Å². The van der Waals surface area contributed by atoms with E-state index in [2.05, 4.69) is 16.3 Å². The largest absolute Gasteiger partial charge is 0.495 e. The summed E-state index contributed by atoms with van der Waals surface area (Å²) in [6.45, 7) is 2.69. The molecule has 0 radical (unpaired) electrons. The minimum absolute atomic E-state index is 0.0739. The fourth-order valence-corrected chi connectivity index (χ4v) is 7.35. The molecule has 1 spiro atoms. The predicted molar refractivity (Wildman–Crippen MR) is 103 cm³/mol. The Kier molecular flexibility index (Phi) is 3.14. The molecular formula is C22H24N2O5. The maximum atomic E-state index is 13.5. The zero-order chi connectivity index (χ0) is 20.2. The molecule has 0 amide bonds. The second-order valence-electron chi connectivity index (χ2n) is 8.74. The van der Waals surface area contributed by atoms with Gasteiger partial charge in [-0.25, -0.2) is 0 Å². The van der Waals surface area contributed by atoms with Crippen molar-refractivity contribution in [2.75, 3.05) is 26.1 Å². The number of hydrogen-bond acceptors (Lipinski definition) is 7. The number of nitrogens with zero attached hydrogens (tertiary/aromatic N) is 1. The van der Waals surface area contributed by atoms with Gasteiger partial charge in [0.2, 0.25) is 0 Å². The Labute approximate surface area is 169 Å². The van der Waals surface area contributed by atoms with Gasteiger partial charge in [0, 0.05) is 18.9 Å². The van der Waals surface area contributed by atoms with Crippen molar-refractivity contribution in [3.63, 3.8) is 0 Å². The van der Waals surface area contributed by atoms with Crippen molar-refractivity contribution in [2.24, 2.45) is 11.3 Å². The van der Waals surface area contributed by atoms with Crippen molar-refractivity contribution in [1.82, 2.24) is 4.90 Å². The Morgan fingerprint density at radius 3 is 2.90 bits per heavy atom. The second kappa shape index (κ2) is 5.21. The molecular weight excluding hydrogens is 372 g/mol. The number of nitrogens with one attached hydrogen (secondary N) is 1. The monoisotopic (exact) mass is 396 g/mol. The summed E-state index contributed by atoms with van der Waals surface area (Å²) in [5, 5.41) is 3.62. The Balaban J connectivity index is 1.74. The van der Waals surface area contributed by atoms with Crippen LogP contribution in [0.1, 0.15) is 25.3 Å². The molecule has 4 heterocycles. The van der Waals surface area contributed by atoms with Crippen LogP contribution >= 0.6 is 0 Å². The van der Waals surface area contributed by atoms with Gasteiger partial charge in [-0.15, -0.1) is 0 Å². The zero-order valence-electron chi connectivity index (χ0n) is 16.7. The van der Waals surface area contributed by atoms with Crippen molar-refractivity contribution in [3.8, 4) is 5.75 Å². The highest BCUT2D eigenvalue weighted by molar-refractivity contribution is 5.99. The molecule has 7 heteroatoms. The van der Waals surface area contributed by atoms with E-state index in [9.17, 15) is 9.59 Å². The first kappa shape index (κ1) is 17.5. The fraction of sp³-hybridized carbons (Fsp3) is 0.545. The summed E-state index contributed by atoms with van der Waals surface area (Å²) in [4.78, 5) is 28.9. The molecule has 1 aromatic rings. The molecule has 6 rings (SSSR count). The van der Waals surface area contributed by atoms with Crippen LogP contribution in [0.3, 0.4) is 0 Å². The van der Waals surface area contributed by atoms with E-state index in [0.717, 1.165) is 23.1 Å². The average molecular weight is 396 g/mol. The number of hydrogen-bond donors (Lipinski definition) is 1. The quantitative estimate of drug-likeness (QED) is 0.361. The molecule has 6 unspecified atom stereocenters. The van der Waals surface area contributed by atoms with Gasteiger partial charge in [0.1, 0.15) is 23.7 Å². The Hall–Kier alpha value is -2.38. The minimum atomic E-state index is -1.36. The summed E-state index contributed by atoms with van der Waals surface area (Å²) >= 11 is 0. The summed E-state index contributed by atoms with van der Waals surface area (Å²) in [5.41, 5.74) is -0.199. The maximum Gasteiger partial charge on any atom is 0.320 e. The lowest BCUT2D eigenvalue weighted by Crippen LogP contribution is -2.78. The van der Waals surface area contributed by atoms with Gasteiger partial charge >= 0.3 is 5.97 Å². The molecule has 1 N–H and O–H groups in total. The summed E-state index contributed by atoms with van der Waals surface area (Å²) in [6, 6.07) is 5.89. The third kappa shape index (κ3) is 1.50. The number of benzene rings is 1. The standard InChI is InChI=1S/C22H24N2O5/c1-4-12-10-24-16-8-14(12)20(11-25,19(26)28-3)21-9-17(24)29-22(16,21)23-18-13(21)6-5-7-15(18)27-2/h4-7,11,14,16-17,23H,8-10H2,1-3H3. The molecule has 6 atom stereocenters. The van der Waals surface area contributed by atoms with Crippen LogP contribution in [0.5, 0.6) is 5.75 Å². The van der Waals surface area contributed by atoms with Gasteiger partial charge in [0.25, 0.3) is 0 Å². The number of para-hydroxylation sites is 1. The number of anilines is 1. The summed E-state index contributed by atoms with van der Waals surface area (Å²) in [5.74, 6) is 0.00166. The van der Waals surface area contributed by atoms with E-state index in [1.165, 1.54) is 7.11 Å². The van der Waals surface area contributed by atoms with Crippen LogP contribution in [0.15, 0.2) is 29.8 Å². The molecule has 0 aromatic heterocycles. The first-order valence-electron chi connectivity index (χ1n) is 10.1. The predicted octanol–water partition coefficient (Wildman–Crippen LogP) is 1.82. The number of aldehydes is 1. The average Bonchev–Trinajstić information content (AvgIpc) is 3.36. The van der Waals surface area contributed by atoms with E-state index < -0.39 is 22.5 Å². The fourth-order valence-electron chi connectivity index (χ4n) is 7.35. The number of methoxy groups -OCH3 is 2. The number of piperidine rings is 2. The van der Waals surface area contributed by atoms with Crippen molar-refractivity contribution >= 4 is 17.9 Å². The lowest BCUT2D eigenvalue weighted by atomic mass is 9.42. The first-order chi connectivity index (χ1) is 14.0. The molecule has 4 aliphatic heterocycles. The van der Waals surface area contributed by atoms with Gasteiger partial charge in [-0.2, -0.15) is 0 Å². The van der Waals surface area contributed by atoms with Gasteiger partial charge in [-0.1, -0.05) is 23.8 Å². The molecule has 4 bridgehead atoms. The van der Waals surface area contributed by atoms with Crippen LogP contribution in [0.25, 0.3) is 0 Å². The number of esters is 1. The summed E-state index contributed by atoms with van der Waals surface area (Å²) < 4.78 is 17.6. The Morgan fingerprint density at radius 1 is 1.38 bits per heavy atom. The van der Waals surface area contributed by atoms with Gasteiger partial charge < -0.3 is 24.3 Å². The van der Waals surface area contributed by atoms with Crippen molar-refractivity contribution < 1.29 is 23.8 Å². The number of fused-ring (bicyclic) bond motifs is 4. The molecule has 1 aliphatic carbocycles.